The number of nitrogens with one attached hydrogen (secondary N) is 1. The monoisotopic (exact) mass is 830 g/mol. The Hall–Kier alpha value is -2.61. The van der Waals surface area contributed by atoms with Crippen LogP contribution in [0.3, 0.4) is 0 Å². The number of carbonyl (C=O) groups is 1. The Bertz CT molecular complexity index is 1340. The number of aliphatic hydroxyl groups excluding tert-OH is 6. The summed E-state index contributed by atoms with van der Waals surface area (Å²) in [4.78, 5) is 13.0. The lowest BCUT2D eigenvalue weighted by atomic mass is 9.98. The molecular weight excluding hydrogens is 751 g/mol. The molecule has 0 saturated carbocycles. The molecule has 0 aliphatic carbocycles. The molecule has 7 N–H and O–H groups in total. The molecule has 11 nitrogen and oxygen atoms in total. The summed E-state index contributed by atoms with van der Waals surface area (Å²) in [7, 11) is 0. The van der Waals surface area contributed by atoms with Gasteiger partial charge in [0.05, 0.1) is 25.4 Å². The van der Waals surface area contributed by atoms with Crippen molar-refractivity contribution in [1.29, 1.82) is 0 Å². The number of hydrogen-bond acceptors (Lipinski definition) is 10. The van der Waals surface area contributed by atoms with Crippen LogP contribution >= 0.6 is 0 Å². The maximum atomic E-state index is 13.0. The third-order valence-electron chi connectivity index (χ3n) is 11.6. The first-order chi connectivity index (χ1) is 28.6. The first-order valence-corrected chi connectivity index (χ1v) is 23.0. The molecule has 2 aromatic carbocycles. The van der Waals surface area contributed by atoms with Gasteiger partial charge in [0.1, 0.15) is 42.0 Å². The van der Waals surface area contributed by atoms with Gasteiger partial charge in [-0.25, -0.2) is 0 Å². The number of ether oxygens (including phenoxy) is 3. The molecule has 336 valence electrons. The van der Waals surface area contributed by atoms with Crippen molar-refractivity contribution >= 4 is 5.91 Å². The van der Waals surface area contributed by atoms with Crippen molar-refractivity contribution in [2.75, 3.05) is 13.2 Å². The second kappa shape index (κ2) is 30.4. The second-order valence-electron chi connectivity index (χ2n) is 16.8. The molecule has 11 heteroatoms. The molecule has 1 amide bonds. The normalized spacial score (nSPS) is 20.9. The molecule has 0 spiro atoms. The third-order valence-corrected chi connectivity index (χ3v) is 11.6. The number of benzene rings is 2. The molecule has 1 fully saturated rings. The Morgan fingerprint density at radius 1 is 0.678 bits per heavy atom. The summed E-state index contributed by atoms with van der Waals surface area (Å²) >= 11 is 0. The van der Waals surface area contributed by atoms with E-state index in [1.165, 1.54) is 75.3 Å². The minimum Gasteiger partial charge on any atom is -0.457 e. The van der Waals surface area contributed by atoms with Crippen molar-refractivity contribution < 1.29 is 49.6 Å². The van der Waals surface area contributed by atoms with Gasteiger partial charge in [0.25, 0.3) is 0 Å². The van der Waals surface area contributed by atoms with Crippen LogP contribution in [0.25, 0.3) is 0 Å². The molecule has 3 rings (SSSR count). The van der Waals surface area contributed by atoms with Crippen molar-refractivity contribution in [2.24, 2.45) is 0 Å². The standard InChI is InChI=1S/C48H79NO10/c1-3-4-5-6-7-8-9-10-11-15-18-21-24-41(51)44(53)40(35-57-48-47(56)46(55)45(54)42(34-50)59-48)49-43(52)25-22-19-16-13-12-14-17-20-23-37-28-32-39(33-29-37)58-38-30-26-36(2)27-31-38/h26-33,40-42,44-48,50-51,53-56H,3-25,34-35H2,1-2H3,(H,49,52)/t40-,41+,42?,44-,45-,46-,47?,48-/m0/s1. The van der Waals surface area contributed by atoms with Gasteiger partial charge in [0, 0.05) is 6.42 Å². The summed E-state index contributed by atoms with van der Waals surface area (Å²) < 4.78 is 17.1. The maximum absolute atomic E-state index is 13.0. The third kappa shape index (κ3) is 20.7. The van der Waals surface area contributed by atoms with Crippen LogP contribution in [0.4, 0.5) is 0 Å². The molecule has 1 aliphatic rings. The van der Waals surface area contributed by atoms with Crippen LogP contribution in [0.1, 0.15) is 159 Å². The van der Waals surface area contributed by atoms with Crippen molar-refractivity contribution in [3.8, 4) is 11.5 Å². The fourth-order valence-electron chi connectivity index (χ4n) is 7.68. The van der Waals surface area contributed by atoms with Crippen LogP contribution in [0, 0.1) is 6.92 Å². The van der Waals surface area contributed by atoms with E-state index in [0.717, 1.165) is 75.7 Å². The molecule has 0 aromatic heterocycles. The fourth-order valence-corrected chi connectivity index (χ4v) is 7.68. The van der Waals surface area contributed by atoms with Crippen LogP contribution < -0.4 is 10.1 Å². The zero-order valence-electron chi connectivity index (χ0n) is 36.2. The van der Waals surface area contributed by atoms with Gasteiger partial charge in [-0.1, -0.05) is 152 Å². The van der Waals surface area contributed by atoms with Crippen molar-refractivity contribution in [3.63, 3.8) is 0 Å². The van der Waals surface area contributed by atoms with E-state index in [2.05, 4.69) is 31.3 Å². The van der Waals surface area contributed by atoms with E-state index >= 15 is 0 Å². The minimum absolute atomic E-state index is 0.257. The molecule has 0 radical (unpaired) electrons. The van der Waals surface area contributed by atoms with E-state index in [-0.39, 0.29) is 18.9 Å². The highest BCUT2D eigenvalue weighted by Gasteiger charge is 2.44. The largest absolute Gasteiger partial charge is 0.457 e. The quantitative estimate of drug-likeness (QED) is 0.0349. The van der Waals surface area contributed by atoms with Gasteiger partial charge in [0.15, 0.2) is 6.29 Å². The Labute approximate surface area is 354 Å². The van der Waals surface area contributed by atoms with Gasteiger partial charge < -0.3 is 50.2 Å². The first kappa shape index (κ1) is 50.7. The average Bonchev–Trinajstić information content (AvgIpc) is 3.24. The fraction of sp³-hybridized carbons (Fsp3) is 0.729. The lowest BCUT2D eigenvalue weighted by Gasteiger charge is -2.40. The van der Waals surface area contributed by atoms with Crippen LogP contribution in [-0.4, -0.2) is 98.7 Å². The molecule has 0 bridgehead atoms. The highest BCUT2D eigenvalue weighted by Crippen LogP contribution is 2.25. The first-order valence-electron chi connectivity index (χ1n) is 23.0. The topological polar surface area (TPSA) is 178 Å². The summed E-state index contributed by atoms with van der Waals surface area (Å²) in [5.74, 6) is 1.40. The number of unbranched alkanes of at least 4 members (excludes halogenated alkanes) is 18. The Kier molecular flexibility index (Phi) is 26.2. The van der Waals surface area contributed by atoms with Crippen molar-refractivity contribution in [3.05, 3.63) is 59.7 Å². The molecule has 1 aliphatic heterocycles. The predicted octanol–water partition coefficient (Wildman–Crippen LogP) is 7.96. The maximum Gasteiger partial charge on any atom is 0.220 e. The summed E-state index contributed by atoms with van der Waals surface area (Å²) in [6, 6.07) is 15.4. The number of aryl methyl sites for hydroxylation is 2. The van der Waals surface area contributed by atoms with Gasteiger partial charge in [-0.05, 0) is 62.4 Å². The van der Waals surface area contributed by atoms with Crippen molar-refractivity contribution in [2.45, 2.75) is 210 Å². The Morgan fingerprint density at radius 3 is 1.75 bits per heavy atom. The van der Waals surface area contributed by atoms with Gasteiger partial charge in [-0.3, -0.25) is 4.79 Å². The SMILES string of the molecule is CCCCCCCCCCCCCC[C@@H](O)[C@@H](O)[C@H](CO[C@H]1OC(CO)[C@H](O)[C@H](O)C1O)NC(=O)CCCCCCCCCCc1ccc(Oc2ccc(C)cc2)cc1. The predicted molar refractivity (Wildman–Crippen MR) is 232 cm³/mol. The smallest absolute Gasteiger partial charge is 0.220 e. The van der Waals surface area contributed by atoms with E-state index < -0.39 is 55.6 Å². The van der Waals surface area contributed by atoms with Crippen molar-refractivity contribution in [1.82, 2.24) is 5.32 Å². The minimum atomic E-state index is -1.62. The average molecular weight is 830 g/mol. The molecule has 8 atom stereocenters. The molecular formula is C48H79NO10. The summed E-state index contributed by atoms with van der Waals surface area (Å²) in [5.41, 5.74) is 2.51. The van der Waals surface area contributed by atoms with E-state index in [1.807, 2.05) is 36.4 Å². The van der Waals surface area contributed by atoms with Gasteiger partial charge in [0.2, 0.25) is 5.91 Å². The highest BCUT2D eigenvalue weighted by atomic mass is 16.7. The number of hydrogen-bond donors (Lipinski definition) is 7. The van der Waals surface area contributed by atoms with E-state index in [4.69, 9.17) is 14.2 Å². The zero-order chi connectivity index (χ0) is 42.7. The Balaban J connectivity index is 1.32. The molecule has 2 aromatic rings. The highest BCUT2D eigenvalue weighted by molar-refractivity contribution is 5.76. The van der Waals surface area contributed by atoms with Gasteiger partial charge in [-0.2, -0.15) is 0 Å². The second-order valence-corrected chi connectivity index (χ2v) is 16.8. The van der Waals surface area contributed by atoms with E-state index in [1.54, 1.807) is 0 Å². The van der Waals surface area contributed by atoms with Crippen LogP contribution in [0.2, 0.25) is 0 Å². The Morgan fingerprint density at radius 2 is 1.19 bits per heavy atom. The molecule has 1 saturated heterocycles. The lowest BCUT2D eigenvalue weighted by Crippen LogP contribution is -2.60. The van der Waals surface area contributed by atoms with Crippen LogP contribution in [-0.2, 0) is 20.7 Å². The molecule has 59 heavy (non-hydrogen) atoms. The summed E-state index contributed by atoms with van der Waals surface area (Å²) in [5, 5.41) is 65.2. The number of amides is 1. The number of aliphatic hydroxyl groups is 6. The molecule has 2 unspecified atom stereocenters. The van der Waals surface area contributed by atoms with Crippen LogP contribution in [0.15, 0.2) is 48.5 Å². The number of rotatable bonds is 33. The lowest BCUT2D eigenvalue weighted by molar-refractivity contribution is -0.303. The van der Waals surface area contributed by atoms with E-state index in [9.17, 15) is 35.4 Å². The zero-order valence-corrected chi connectivity index (χ0v) is 36.2. The summed E-state index contributed by atoms with van der Waals surface area (Å²) in [6.45, 7) is 3.37. The molecule has 1 heterocycles. The summed E-state index contributed by atoms with van der Waals surface area (Å²) in [6.07, 6.45) is 14.5. The number of carbonyl (C=O) groups excluding carboxylic acids is 1. The van der Waals surface area contributed by atoms with Gasteiger partial charge in [-0.15, -0.1) is 0 Å². The van der Waals surface area contributed by atoms with E-state index in [0.29, 0.717) is 12.8 Å². The van der Waals surface area contributed by atoms with Crippen LogP contribution in [0.5, 0.6) is 11.5 Å². The van der Waals surface area contributed by atoms with Gasteiger partial charge >= 0.3 is 0 Å².